The summed E-state index contributed by atoms with van der Waals surface area (Å²) in [5.41, 5.74) is 9.15. The zero-order valence-electron chi connectivity index (χ0n) is 14.9. The van der Waals surface area contributed by atoms with E-state index in [-0.39, 0.29) is 0 Å². The van der Waals surface area contributed by atoms with Crippen molar-refractivity contribution in [2.24, 2.45) is 0 Å². The molecule has 1 nitrogen and oxygen atoms in total. The van der Waals surface area contributed by atoms with E-state index in [0.29, 0.717) is 0 Å². The summed E-state index contributed by atoms with van der Waals surface area (Å²) in [5, 5.41) is 3.72. The first-order valence-electron chi connectivity index (χ1n) is 10.4. The van der Waals surface area contributed by atoms with Crippen molar-refractivity contribution in [3.05, 3.63) is 58.7 Å². The number of hydrogen-bond donors (Lipinski definition) is 1. The van der Waals surface area contributed by atoms with Gasteiger partial charge in [0.25, 0.3) is 0 Å². The van der Waals surface area contributed by atoms with Crippen LogP contribution >= 0.6 is 0 Å². The van der Waals surface area contributed by atoms with Crippen molar-refractivity contribution in [2.75, 3.05) is 5.32 Å². The first kappa shape index (κ1) is 14.4. The van der Waals surface area contributed by atoms with Gasteiger partial charge in [0.15, 0.2) is 0 Å². The molecule has 0 saturated heterocycles. The van der Waals surface area contributed by atoms with Crippen molar-refractivity contribution in [3.63, 3.8) is 0 Å². The maximum Gasteiger partial charge on any atom is 0.0387 e. The van der Waals surface area contributed by atoms with Gasteiger partial charge in [-0.2, -0.15) is 0 Å². The minimum absolute atomic E-state index is 0.820. The molecule has 128 valence electrons. The van der Waals surface area contributed by atoms with Crippen molar-refractivity contribution in [3.8, 4) is 0 Å². The van der Waals surface area contributed by atoms with E-state index in [1.165, 1.54) is 62.7 Å². The van der Waals surface area contributed by atoms with Gasteiger partial charge in [0.05, 0.1) is 0 Å². The Labute approximate surface area is 150 Å². The highest BCUT2D eigenvalue weighted by Crippen LogP contribution is 2.51. The zero-order chi connectivity index (χ0) is 16.4. The van der Waals surface area contributed by atoms with Crippen LogP contribution in [-0.4, -0.2) is 0 Å². The van der Waals surface area contributed by atoms with E-state index in [1.807, 2.05) is 0 Å². The topological polar surface area (TPSA) is 12.0 Å². The molecule has 0 heterocycles. The molecule has 0 radical (unpaired) electrons. The Morgan fingerprint density at radius 1 is 0.480 bits per heavy atom. The summed E-state index contributed by atoms with van der Waals surface area (Å²) in [6, 6.07) is 14.4. The van der Waals surface area contributed by atoms with Crippen LogP contribution in [0, 0.1) is 0 Å². The third kappa shape index (κ3) is 2.21. The van der Waals surface area contributed by atoms with Gasteiger partial charge in [-0.25, -0.2) is 0 Å². The molecule has 4 bridgehead atoms. The maximum atomic E-state index is 3.72. The largest absolute Gasteiger partial charge is 0.356 e. The number of hydrogen-bond acceptors (Lipinski definition) is 1. The van der Waals surface area contributed by atoms with E-state index in [0.717, 1.165) is 23.7 Å². The monoisotopic (exact) mass is 329 g/mol. The Bertz CT molecular complexity index is 750. The maximum absolute atomic E-state index is 3.72. The van der Waals surface area contributed by atoms with E-state index >= 15 is 0 Å². The van der Waals surface area contributed by atoms with E-state index in [9.17, 15) is 0 Å². The third-order valence-electron chi connectivity index (χ3n) is 7.68. The van der Waals surface area contributed by atoms with Gasteiger partial charge < -0.3 is 5.32 Å². The highest BCUT2D eigenvalue weighted by Gasteiger charge is 2.34. The molecule has 6 aliphatic carbocycles. The van der Waals surface area contributed by atoms with Crippen LogP contribution in [-0.2, 0) is 0 Å². The molecular formula is C24H27N. The SMILES string of the molecule is c1cc2c(cc1Nc1ccc3c(c1)C1CCC3CC1)C1CCC2CC1. The predicted octanol–water partition coefficient (Wildman–Crippen LogP) is 6.94. The molecule has 6 aliphatic rings. The van der Waals surface area contributed by atoms with Crippen molar-refractivity contribution >= 4 is 11.4 Å². The van der Waals surface area contributed by atoms with Crippen LogP contribution in [0.2, 0.25) is 0 Å². The Kier molecular flexibility index (Phi) is 3.09. The quantitative estimate of drug-likeness (QED) is 0.629. The summed E-state index contributed by atoms with van der Waals surface area (Å²) in [6.07, 6.45) is 11.3. The molecule has 1 heteroatoms. The molecule has 0 atom stereocenters. The molecule has 1 N–H and O–H groups in total. The minimum atomic E-state index is 0.820. The fourth-order valence-electron chi connectivity index (χ4n) is 6.35. The summed E-state index contributed by atoms with van der Waals surface area (Å²) in [6.45, 7) is 0. The molecule has 2 saturated carbocycles. The summed E-state index contributed by atoms with van der Waals surface area (Å²) in [4.78, 5) is 0. The van der Waals surface area contributed by atoms with Gasteiger partial charge in [-0.05, 0) is 122 Å². The normalized spacial score (nSPS) is 31.5. The van der Waals surface area contributed by atoms with Crippen LogP contribution in [0.5, 0.6) is 0 Å². The highest BCUT2D eigenvalue weighted by molar-refractivity contribution is 5.64. The predicted molar refractivity (Wildman–Crippen MR) is 104 cm³/mol. The summed E-state index contributed by atoms with van der Waals surface area (Å²) < 4.78 is 0. The van der Waals surface area contributed by atoms with Gasteiger partial charge in [0, 0.05) is 11.4 Å². The fourth-order valence-corrected chi connectivity index (χ4v) is 6.35. The van der Waals surface area contributed by atoms with E-state index < -0.39 is 0 Å². The molecule has 8 rings (SSSR count). The lowest BCUT2D eigenvalue weighted by molar-refractivity contribution is 0.359. The molecule has 0 amide bonds. The lowest BCUT2D eigenvalue weighted by Gasteiger charge is -2.39. The van der Waals surface area contributed by atoms with Crippen molar-refractivity contribution in [1.82, 2.24) is 0 Å². The van der Waals surface area contributed by atoms with E-state index in [1.54, 1.807) is 22.3 Å². The summed E-state index contributed by atoms with van der Waals surface area (Å²) >= 11 is 0. The average molecular weight is 329 g/mol. The highest BCUT2D eigenvalue weighted by atomic mass is 14.9. The lowest BCUT2D eigenvalue weighted by Crippen LogP contribution is -2.22. The Balaban J connectivity index is 1.32. The van der Waals surface area contributed by atoms with Crippen LogP contribution < -0.4 is 5.32 Å². The van der Waals surface area contributed by atoms with Gasteiger partial charge in [-0.1, -0.05) is 12.1 Å². The fraction of sp³-hybridized carbons (Fsp3) is 0.500. The molecule has 2 fully saturated rings. The van der Waals surface area contributed by atoms with Gasteiger partial charge in [-0.3, -0.25) is 0 Å². The summed E-state index contributed by atoms with van der Waals surface area (Å²) in [7, 11) is 0. The van der Waals surface area contributed by atoms with Gasteiger partial charge in [-0.15, -0.1) is 0 Å². The van der Waals surface area contributed by atoms with Crippen molar-refractivity contribution < 1.29 is 0 Å². The lowest BCUT2D eigenvalue weighted by atomic mass is 9.67. The number of nitrogens with one attached hydrogen (secondary N) is 1. The molecule has 25 heavy (non-hydrogen) atoms. The first-order valence-corrected chi connectivity index (χ1v) is 10.4. The third-order valence-corrected chi connectivity index (χ3v) is 7.68. The second-order valence-corrected chi connectivity index (χ2v) is 8.91. The van der Waals surface area contributed by atoms with Gasteiger partial charge in [0.1, 0.15) is 0 Å². The zero-order valence-corrected chi connectivity index (χ0v) is 14.9. The minimum Gasteiger partial charge on any atom is -0.356 e. The molecule has 0 aromatic heterocycles. The molecule has 0 spiro atoms. The van der Waals surface area contributed by atoms with Crippen molar-refractivity contribution in [1.29, 1.82) is 0 Å². The Morgan fingerprint density at radius 2 is 0.840 bits per heavy atom. The average Bonchev–Trinajstić information content (AvgIpc) is 2.70. The Hall–Kier alpha value is -1.76. The number of benzene rings is 2. The van der Waals surface area contributed by atoms with Crippen LogP contribution in [0.4, 0.5) is 11.4 Å². The molecule has 0 unspecified atom stereocenters. The smallest absolute Gasteiger partial charge is 0.0387 e. The molecule has 2 aromatic carbocycles. The van der Waals surface area contributed by atoms with Crippen molar-refractivity contribution in [2.45, 2.75) is 75.0 Å². The molecule has 0 aliphatic heterocycles. The number of anilines is 2. The molecule has 2 aromatic rings. The molecular weight excluding hydrogens is 302 g/mol. The van der Waals surface area contributed by atoms with Crippen LogP contribution in [0.15, 0.2) is 36.4 Å². The first-order chi connectivity index (χ1) is 12.3. The number of rotatable bonds is 2. The van der Waals surface area contributed by atoms with Crippen LogP contribution in [0.3, 0.4) is 0 Å². The van der Waals surface area contributed by atoms with E-state index in [2.05, 4.69) is 41.7 Å². The van der Waals surface area contributed by atoms with Crippen LogP contribution in [0.1, 0.15) is 97.3 Å². The Morgan fingerprint density at radius 3 is 1.24 bits per heavy atom. The standard InChI is InChI=1S/C24H27N/c1-5-17-6-2-15(1)21-11-9-19(13-23(17)21)25-20-10-12-22-16-3-7-18(8-4-16)24(22)14-20/h9-18,25H,1-8H2. The van der Waals surface area contributed by atoms with E-state index in [4.69, 9.17) is 0 Å². The number of fused-ring (bicyclic) bond motifs is 4. The second-order valence-electron chi connectivity index (χ2n) is 8.91. The van der Waals surface area contributed by atoms with Gasteiger partial charge in [0.2, 0.25) is 0 Å². The second kappa shape index (κ2) is 5.37. The summed E-state index contributed by atoms with van der Waals surface area (Å²) in [5.74, 6) is 3.32. The van der Waals surface area contributed by atoms with Crippen LogP contribution in [0.25, 0.3) is 0 Å². The van der Waals surface area contributed by atoms with Gasteiger partial charge >= 0.3 is 0 Å².